The van der Waals surface area contributed by atoms with E-state index >= 15 is 0 Å². The van der Waals surface area contributed by atoms with Crippen LogP contribution in [0.3, 0.4) is 0 Å². The van der Waals surface area contributed by atoms with Gasteiger partial charge in [0.1, 0.15) is 0 Å². The maximum atomic E-state index is 3.97. The van der Waals surface area contributed by atoms with Crippen LogP contribution in [-0.4, -0.2) is 0 Å². The van der Waals surface area contributed by atoms with Gasteiger partial charge in [-0.3, -0.25) is 0 Å². The summed E-state index contributed by atoms with van der Waals surface area (Å²) in [5.41, 5.74) is 24.2. The number of aryl methyl sites for hydroxylation is 3. The van der Waals surface area contributed by atoms with Gasteiger partial charge in [0, 0.05) is 40.4 Å². The third-order valence-electron chi connectivity index (χ3n) is 11.7. The molecule has 0 radical (unpaired) electrons. The molecule has 242 valence electrons. The van der Waals surface area contributed by atoms with Gasteiger partial charge in [-0.05, 0) is 117 Å². The second-order valence-electron chi connectivity index (χ2n) is 14.0. The average Bonchev–Trinajstić information content (AvgIpc) is 3.12. The van der Waals surface area contributed by atoms with Crippen molar-refractivity contribution in [2.75, 3.05) is 0 Å². The molecule has 0 amide bonds. The normalized spacial score (nSPS) is 18.6. The van der Waals surface area contributed by atoms with Crippen molar-refractivity contribution in [3.8, 4) is 23.7 Å². The molecular weight excluding hydrogens is 601 g/mol. The molecule has 4 bridgehead atoms. The van der Waals surface area contributed by atoms with Crippen LogP contribution in [0.2, 0.25) is 0 Å². The van der Waals surface area contributed by atoms with E-state index in [1.807, 2.05) is 6.92 Å². The zero-order valence-electron chi connectivity index (χ0n) is 27.7. The number of benzene rings is 6. The number of rotatable bonds is 0. The molecule has 0 atom stereocenters. The Balaban J connectivity index is 0.00000180. The lowest BCUT2D eigenvalue weighted by molar-refractivity contribution is 0.710. The fourth-order valence-electron chi connectivity index (χ4n) is 9.71. The summed E-state index contributed by atoms with van der Waals surface area (Å²) in [6.45, 7) is 8.59. The Hall–Kier alpha value is -5.56. The van der Waals surface area contributed by atoms with Crippen molar-refractivity contribution in [2.24, 2.45) is 0 Å². The molecule has 0 spiro atoms. The van der Waals surface area contributed by atoms with E-state index in [0.717, 1.165) is 5.56 Å². The highest BCUT2D eigenvalue weighted by atomic mass is 14.5. The first-order valence-corrected chi connectivity index (χ1v) is 17.2. The Bertz CT molecular complexity index is 2310. The first kappa shape index (κ1) is 31.7. The van der Waals surface area contributed by atoms with Gasteiger partial charge in [-0.2, -0.15) is 0 Å². The lowest BCUT2D eigenvalue weighted by atomic mass is 9.53. The van der Waals surface area contributed by atoms with Crippen LogP contribution in [0.5, 0.6) is 0 Å². The SMILES string of the molecule is C.C.CC#Cc1c2c(c(C#Cc3cc(C)c(C)cc3C)c3c1C1c4ccccc4C3c3ccccc31)C1c3ccccc3C2c2ccccc21. The van der Waals surface area contributed by atoms with Crippen LogP contribution in [-0.2, 0) is 0 Å². The standard InChI is InChI=1S/C48H34.2CH4/c1-5-14-39-45-41-31-15-6-10-19-35(31)43(36-20-11-7-16-32(36)41)47(45)40(24-23-30-26-28(3)27(2)25-29(30)4)48-44-37-21-12-8-17-33(37)42(46(39)48)34-18-9-13-22-38(34)44;;/h6-13,15-22,25-26,41-44H,1-4H3;2*1H4. The molecule has 12 rings (SSSR count). The molecule has 6 aromatic rings. The van der Waals surface area contributed by atoms with E-state index < -0.39 is 0 Å². The van der Waals surface area contributed by atoms with E-state index in [1.165, 1.54) is 94.6 Å². The average molecular weight is 643 g/mol. The minimum Gasteiger partial charge on any atom is -0.101 e. The highest BCUT2D eigenvalue weighted by molar-refractivity contribution is 5.82. The number of hydrogen-bond donors (Lipinski definition) is 0. The minimum absolute atomic E-state index is 0. The quantitative estimate of drug-likeness (QED) is 0.144. The van der Waals surface area contributed by atoms with Crippen molar-refractivity contribution in [3.05, 3.63) is 209 Å². The van der Waals surface area contributed by atoms with E-state index in [9.17, 15) is 0 Å². The highest BCUT2D eigenvalue weighted by Gasteiger charge is 2.50. The highest BCUT2D eigenvalue weighted by Crippen LogP contribution is 2.63. The molecule has 0 aliphatic heterocycles. The zero-order valence-corrected chi connectivity index (χ0v) is 27.7. The van der Waals surface area contributed by atoms with E-state index in [1.54, 1.807) is 0 Å². The molecule has 6 aromatic carbocycles. The predicted molar refractivity (Wildman–Crippen MR) is 209 cm³/mol. The molecule has 0 N–H and O–H groups in total. The maximum absolute atomic E-state index is 3.97. The zero-order chi connectivity index (χ0) is 32.3. The molecule has 0 aromatic heterocycles. The second-order valence-corrected chi connectivity index (χ2v) is 14.0. The summed E-state index contributed by atoms with van der Waals surface area (Å²) in [6.07, 6.45) is 0. The lowest BCUT2D eigenvalue weighted by Crippen LogP contribution is -2.35. The Morgan fingerprint density at radius 3 is 1.00 bits per heavy atom. The molecule has 0 heterocycles. The molecule has 0 saturated heterocycles. The Morgan fingerprint density at radius 2 is 0.680 bits per heavy atom. The van der Waals surface area contributed by atoms with Gasteiger partial charge >= 0.3 is 0 Å². The predicted octanol–water partition coefficient (Wildman–Crippen LogP) is 11.6. The molecule has 0 unspecified atom stereocenters. The second kappa shape index (κ2) is 11.5. The van der Waals surface area contributed by atoms with E-state index in [-0.39, 0.29) is 38.5 Å². The molecule has 0 saturated carbocycles. The van der Waals surface area contributed by atoms with Crippen LogP contribution in [0.15, 0.2) is 109 Å². The number of hydrogen-bond acceptors (Lipinski definition) is 0. The summed E-state index contributed by atoms with van der Waals surface area (Å²) < 4.78 is 0. The third-order valence-corrected chi connectivity index (χ3v) is 11.7. The molecule has 50 heavy (non-hydrogen) atoms. The summed E-state index contributed by atoms with van der Waals surface area (Å²) in [5, 5.41) is 0. The van der Waals surface area contributed by atoms with Gasteiger partial charge in [-0.25, -0.2) is 0 Å². The first-order valence-electron chi connectivity index (χ1n) is 17.2. The summed E-state index contributed by atoms with van der Waals surface area (Å²) in [4.78, 5) is 0. The first-order chi connectivity index (χ1) is 23.6. The van der Waals surface area contributed by atoms with Crippen molar-refractivity contribution in [2.45, 2.75) is 66.2 Å². The van der Waals surface area contributed by atoms with Crippen molar-refractivity contribution in [1.82, 2.24) is 0 Å². The topological polar surface area (TPSA) is 0 Å². The largest absolute Gasteiger partial charge is 0.101 e. The van der Waals surface area contributed by atoms with Gasteiger partial charge in [0.2, 0.25) is 0 Å². The maximum Gasteiger partial charge on any atom is 0.0362 e. The Kier molecular flexibility index (Phi) is 7.30. The van der Waals surface area contributed by atoms with E-state index in [2.05, 4.69) is 154 Å². The molecule has 0 nitrogen and oxygen atoms in total. The van der Waals surface area contributed by atoms with Crippen LogP contribution in [0, 0.1) is 44.5 Å². The fourth-order valence-corrected chi connectivity index (χ4v) is 9.71. The van der Waals surface area contributed by atoms with Crippen LogP contribution >= 0.6 is 0 Å². The van der Waals surface area contributed by atoms with Crippen molar-refractivity contribution in [3.63, 3.8) is 0 Å². The minimum atomic E-state index is 0. The summed E-state index contributed by atoms with van der Waals surface area (Å²) in [5.74, 6) is 15.4. The fraction of sp³-hybridized carbons (Fsp3) is 0.200. The van der Waals surface area contributed by atoms with Crippen LogP contribution in [0.25, 0.3) is 0 Å². The van der Waals surface area contributed by atoms with Crippen LogP contribution in [0.1, 0.15) is 146 Å². The van der Waals surface area contributed by atoms with Crippen LogP contribution in [0.4, 0.5) is 0 Å². The summed E-state index contributed by atoms with van der Waals surface area (Å²) in [6, 6.07) is 41.1. The smallest absolute Gasteiger partial charge is 0.0362 e. The van der Waals surface area contributed by atoms with Gasteiger partial charge in [-0.15, -0.1) is 5.92 Å². The van der Waals surface area contributed by atoms with Gasteiger partial charge in [0.05, 0.1) is 0 Å². The van der Waals surface area contributed by atoms with E-state index in [4.69, 9.17) is 0 Å². The molecule has 6 aliphatic rings. The molecule has 0 heteroatoms. The molecule has 6 aliphatic carbocycles. The van der Waals surface area contributed by atoms with Gasteiger partial charge in [0.15, 0.2) is 0 Å². The lowest BCUT2D eigenvalue weighted by Gasteiger charge is -2.48. The van der Waals surface area contributed by atoms with Crippen LogP contribution < -0.4 is 0 Å². The van der Waals surface area contributed by atoms with Crippen molar-refractivity contribution >= 4 is 0 Å². The summed E-state index contributed by atoms with van der Waals surface area (Å²) in [7, 11) is 0. The van der Waals surface area contributed by atoms with E-state index in [0.29, 0.717) is 0 Å². The van der Waals surface area contributed by atoms with Gasteiger partial charge in [-0.1, -0.05) is 136 Å². The summed E-state index contributed by atoms with van der Waals surface area (Å²) >= 11 is 0. The third kappa shape index (κ3) is 4.03. The molecule has 0 fully saturated rings. The Morgan fingerprint density at radius 1 is 0.380 bits per heavy atom. The monoisotopic (exact) mass is 642 g/mol. The van der Waals surface area contributed by atoms with Crippen molar-refractivity contribution < 1.29 is 0 Å². The van der Waals surface area contributed by atoms with Gasteiger partial charge < -0.3 is 0 Å². The molecular formula is C50H42. The van der Waals surface area contributed by atoms with Crippen molar-refractivity contribution in [1.29, 1.82) is 0 Å². The van der Waals surface area contributed by atoms with Gasteiger partial charge in [0.25, 0.3) is 0 Å². The Labute approximate surface area is 298 Å².